The fourth-order valence-corrected chi connectivity index (χ4v) is 8.76. The first kappa shape index (κ1) is 30.8. The van der Waals surface area contributed by atoms with Crippen LogP contribution in [0.5, 0.6) is 0 Å². The fourth-order valence-electron chi connectivity index (χ4n) is 8.76. The number of para-hydroxylation sites is 4. The van der Waals surface area contributed by atoms with E-state index in [0.717, 1.165) is 71.4 Å². The molecule has 5 nitrogen and oxygen atoms in total. The lowest BCUT2D eigenvalue weighted by Crippen LogP contribution is -2.07. The minimum atomic E-state index is 0.549. The lowest BCUT2D eigenvalue weighted by atomic mass is 9.93. The number of hydrogen-bond acceptors (Lipinski definition) is 4. The molecule has 56 heavy (non-hydrogen) atoms. The monoisotopic (exact) mass is 714 g/mol. The van der Waals surface area contributed by atoms with Gasteiger partial charge < -0.3 is 4.42 Å². The van der Waals surface area contributed by atoms with Crippen molar-refractivity contribution in [3.05, 3.63) is 182 Å². The standard InChI is InChI=1S/C51H30N4O/c1-2-14-31(15-3-1)49-52-50(32-28-29-37-35-18-5-4-16-33(35)34-17-6-7-19-36(34)44(37)30-32)54-51(53-49)55-45-26-10-8-20-38(45)40-22-12-23-41(47(40)55)43-25-13-24-42-39-21-9-11-27-46(39)56-48(42)43/h1-30H. The number of nitrogens with zero attached hydrogens (tertiary/aromatic N) is 4. The van der Waals surface area contributed by atoms with E-state index in [-0.39, 0.29) is 0 Å². The van der Waals surface area contributed by atoms with E-state index >= 15 is 0 Å². The Kier molecular flexibility index (Phi) is 6.56. The second kappa shape index (κ2) is 11.9. The van der Waals surface area contributed by atoms with E-state index in [1.807, 2.05) is 30.3 Å². The van der Waals surface area contributed by atoms with Gasteiger partial charge in [0, 0.05) is 43.8 Å². The molecule has 0 fully saturated rings. The Hall–Kier alpha value is -7.63. The average molecular weight is 715 g/mol. The van der Waals surface area contributed by atoms with Crippen LogP contribution in [0.25, 0.3) is 116 Å². The number of rotatable bonds is 4. The van der Waals surface area contributed by atoms with Crippen LogP contribution in [-0.4, -0.2) is 19.5 Å². The molecule has 0 atom stereocenters. The summed E-state index contributed by atoms with van der Waals surface area (Å²) in [6.07, 6.45) is 0. The SMILES string of the molecule is c1ccc(-c2nc(-c3ccc4c5ccccc5c5ccccc5c4c3)nc(-n3c4ccccc4c4cccc(-c5cccc6c5oc5ccccc56)c43)n2)cc1. The quantitative estimate of drug-likeness (QED) is 0.170. The van der Waals surface area contributed by atoms with Gasteiger partial charge in [0.05, 0.1) is 11.0 Å². The summed E-state index contributed by atoms with van der Waals surface area (Å²) in [5, 5.41) is 11.7. The molecular formula is C51H30N4O. The zero-order chi connectivity index (χ0) is 36.7. The molecule has 0 saturated carbocycles. The second-order valence-electron chi connectivity index (χ2n) is 14.3. The van der Waals surface area contributed by atoms with Crippen molar-refractivity contribution in [1.29, 1.82) is 0 Å². The Morgan fingerprint density at radius 2 is 0.911 bits per heavy atom. The van der Waals surface area contributed by atoms with Crippen LogP contribution in [0.3, 0.4) is 0 Å². The molecule has 0 N–H and O–H groups in total. The van der Waals surface area contributed by atoms with Crippen molar-refractivity contribution in [2.75, 3.05) is 0 Å². The van der Waals surface area contributed by atoms with Gasteiger partial charge in [0.25, 0.3) is 0 Å². The lowest BCUT2D eigenvalue weighted by Gasteiger charge is -2.14. The smallest absolute Gasteiger partial charge is 0.238 e. The predicted octanol–water partition coefficient (Wildman–Crippen LogP) is 13.3. The Balaban J connectivity index is 1.16. The van der Waals surface area contributed by atoms with Gasteiger partial charge in [-0.2, -0.15) is 9.97 Å². The Morgan fingerprint density at radius 3 is 1.66 bits per heavy atom. The summed E-state index contributed by atoms with van der Waals surface area (Å²) in [6.45, 7) is 0. The van der Waals surface area contributed by atoms with Crippen molar-refractivity contribution in [3.8, 4) is 39.9 Å². The van der Waals surface area contributed by atoms with Gasteiger partial charge in [-0.15, -0.1) is 0 Å². The summed E-state index contributed by atoms with van der Waals surface area (Å²) < 4.78 is 8.81. The first-order chi connectivity index (χ1) is 27.8. The maximum Gasteiger partial charge on any atom is 0.238 e. The number of furan rings is 1. The first-order valence-corrected chi connectivity index (χ1v) is 18.9. The fraction of sp³-hybridized carbons (Fsp3) is 0. The largest absolute Gasteiger partial charge is 0.455 e. The molecule has 0 amide bonds. The van der Waals surface area contributed by atoms with Crippen molar-refractivity contribution in [3.63, 3.8) is 0 Å². The molecule has 5 heteroatoms. The highest BCUT2D eigenvalue weighted by atomic mass is 16.3. The number of aromatic nitrogens is 4. The maximum absolute atomic E-state index is 6.60. The Labute approximate surface area is 320 Å². The molecule has 0 aliphatic carbocycles. The molecule has 0 unspecified atom stereocenters. The van der Waals surface area contributed by atoms with Crippen molar-refractivity contribution < 1.29 is 4.42 Å². The van der Waals surface area contributed by atoms with Gasteiger partial charge in [-0.25, -0.2) is 4.98 Å². The summed E-state index contributed by atoms with van der Waals surface area (Å²) in [5.41, 5.74) is 7.64. The molecule has 0 aliphatic heterocycles. The third kappa shape index (κ3) is 4.52. The highest BCUT2D eigenvalue weighted by Crippen LogP contribution is 2.43. The zero-order valence-electron chi connectivity index (χ0n) is 30.0. The van der Waals surface area contributed by atoms with E-state index < -0.39 is 0 Å². The highest BCUT2D eigenvalue weighted by Gasteiger charge is 2.22. The van der Waals surface area contributed by atoms with Gasteiger partial charge in [0.15, 0.2) is 11.6 Å². The summed E-state index contributed by atoms with van der Waals surface area (Å²) in [5.74, 6) is 1.76. The lowest BCUT2D eigenvalue weighted by molar-refractivity contribution is 0.670. The summed E-state index contributed by atoms with van der Waals surface area (Å²) in [6, 6.07) is 63.8. The van der Waals surface area contributed by atoms with Crippen molar-refractivity contribution in [1.82, 2.24) is 19.5 Å². The van der Waals surface area contributed by atoms with Crippen LogP contribution < -0.4 is 0 Å². The minimum Gasteiger partial charge on any atom is -0.455 e. The van der Waals surface area contributed by atoms with Crippen LogP contribution in [0.1, 0.15) is 0 Å². The van der Waals surface area contributed by atoms with E-state index in [4.69, 9.17) is 19.4 Å². The number of benzene rings is 9. The van der Waals surface area contributed by atoms with Crippen LogP contribution in [0.15, 0.2) is 186 Å². The molecule has 0 radical (unpaired) electrons. The highest BCUT2D eigenvalue weighted by molar-refractivity contribution is 6.25. The summed E-state index contributed by atoms with van der Waals surface area (Å²) >= 11 is 0. The van der Waals surface area contributed by atoms with Crippen LogP contribution in [0.2, 0.25) is 0 Å². The van der Waals surface area contributed by atoms with Crippen LogP contribution in [0.4, 0.5) is 0 Å². The van der Waals surface area contributed by atoms with E-state index in [1.165, 1.54) is 26.9 Å². The van der Waals surface area contributed by atoms with Gasteiger partial charge in [0.2, 0.25) is 5.95 Å². The van der Waals surface area contributed by atoms with Gasteiger partial charge in [0.1, 0.15) is 11.2 Å². The normalized spacial score (nSPS) is 11.9. The minimum absolute atomic E-state index is 0.549. The topological polar surface area (TPSA) is 56.7 Å². The molecule has 0 aliphatic rings. The van der Waals surface area contributed by atoms with Gasteiger partial charge in [-0.05, 0) is 50.5 Å². The van der Waals surface area contributed by atoms with E-state index in [9.17, 15) is 0 Å². The Morgan fingerprint density at radius 1 is 0.357 bits per heavy atom. The van der Waals surface area contributed by atoms with Crippen LogP contribution in [0, 0.1) is 0 Å². The predicted molar refractivity (Wildman–Crippen MR) is 230 cm³/mol. The van der Waals surface area contributed by atoms with Crippen molar-refractivity contribution >= 4 is 76.1 Å². The summed E-state index contributed by atoms with van der Waals surface area (Å²) in [7, 11) is 0. The van der Waals surface area contributed by atoms with Gasteiger partial charge in [-0.3, -0.25) is 4.57 Å². The van der Waals surface area contributed by atoms with Crippen molar-refractivity contribution in [2.45, 2.75) is 0 Å². The number of hydrogen-bond donors (Lipinski definition) is 0. The second-order valence-corrected chi connectivity index (χ2v) is 14.3. The van der Waals surface area contributed by atoms with E-state index in [2.05, 4.69) is 156 Å². The molecule has 0 bridgehead atoms. The molecule has 260 valence electrons. The molecule has 12 rings (SSSR count). The van der Waals surface area contributed by atoms with E-state index in [1.54, 1.807) is 0 Å². The van der Waals surface area contributed by atoms with Crippen molar-refractivity contribution in [2.24, 2.45) is 0 Å². The molecule has 9 aromatic carbocycles. The molecule has 0 saturated heterocycles. The Bertz CT molecular complexity index is 3510. The molecule has 12 aromatic rings. The third-order valence-electron chi connectivity index (χ3n) is 11.2. The molecular weight excluding hydrogens is 685 g/mol. The third-order valence-corrected chi connectivity index (χ3v) is 11.2. The molecule has 3 heterocycles. The van der Waals surface area contributed by atoms with E-state index in [0.29, 0.717) is 17.6 Å². The maximum atomic E-state index is 6.60. The van der Waals surface area contributed by atoms with Gasteiger partial charge >= 0.3 is 0 Å². The van der Waals surface area contributed by atoms with Gasteiger partial charge in [-0.1, -0.05) is 164 Å². The first-order valence-electron chi connectivity index (χ1n) is 18.9. The molecule has 3 aromatic heterocycles. The van der Waals surface area contributed by atoms with Crippen LogP contribution in [-0.2, 0) is 0 Å². The number of fused-ring (bicyclic) bond motifs is 12. The van der Waals surface area contributed by atoms with Crippen LogP contribution >= 0.6 is 0 Å². The zero-order valence-corrected chi connectivity index (χ0v) is 30.0. The molecule has 0 spiro atoms. The summed E-state index contributed by atoms with van der Waals surface area (Å²) in [4.78, 5) is 15.8. The average Bonchev–Trinajstić information content (AvgIpc) is 3.83.